The summed E-state index contributed by atoms with van der Waals surface area (Å²) in [7, 11) is 0. The summed E-state index contributed by atoms with van der Waals surface area (Å²) in [6, 6.07) is 82.0. The van der Waals surface area contributed by atoms with E-state index in [2.05, 4.69) is 243 Å². The van der Waals surface area contributed by atoms with Crippen molar-refractivity contribution in [2.45, 2.75) is 19.3 Å². The first kappa shape index (κ1) is 37.4. The van der Waals surface area contributed by atoms with Gasteiger partial charge in [0.05, 0.1) is 5.69 Å². The highest BCUT2D eigenvalue weighted by Gasteiger charge is 2.36. The molecule has 1 heterocycles. The summed E-state index contributed by atoms with van der Waals surface area (Å²) in [6.45, 7) is 4.72. The first-order valence-corrected chi connectivity index (χ1v) is 22.6. The molecule has 306 valence electrons. The average molecular weight is 830 g/mol. The summed E-state index contributed by atoms with van der Waals surface area (Å²) in [5.41, 5.74) is 17.3. The zero-order valence-corrected chi connectivity index (χ0v) is 36.2. The smallest absolute Gasteiger partial charge is 0.143 e. The van der Waals surface area contributed by atoms with Crippen LogP contribution in [0.1, 0.15) is 25.0 Å². The molecular weight excluding hydrogens is 787 g/mol. The molecule has 0 bridgehead atoms. The van der Waals surface area contributed by atoms with Crippen molar-refractivity contribution in [3.05, 3.63) is 236 Å². The molecule has 0 aliphatic heterocycles. The van der Waals surface area contributed by atoms with Gasteiger partial charge in [0.2, 0.25) is 0 Å². The fraction of sp³-hybridized carbons (Fsp3) is 0.0476. The van der Waals surface area contributed by atoms with Gasteiger partial charge < -0.3 is 9.32 Å². The lowest BCUT2D eigenvalue weighted by Crippen LogP contribution is -2.16. The van der Waals surface area contributed by atoms with Gasteiger partial charge >= 0.3 is 0 Å². The lowest BCUT2D eigenvalue weighted by molar-refractivity contribution is 0.660. The average Bonchev–Trinajstić information content (AvgIpc) is 3.88. The molecule has 2 heteroatoms. The van der Waals surface area contributed by atoms with Gasteiger partial charge in [0.15, 0.2) is 0 Å². The molecule has 0 unspecified atom stereocenters. The monoisotopic (exact) mass is 829 g/mol. The molecular formula is C63H43NO. The Kier molecular flexibility index (Phi) is 8.29. The number of furan rings is 1. The van der Waals surface area contributed by atoms with Gasteiger partial charge in [-0.3, -0.25) is 0 Å². The van der Waals surface area contributed by atoms with E-state index in [1.54, 1.807) is 0 Å². The first-order valence-electron chi connectivity index (χ1n) is 22.6. The van der Waals surface area contributed by atoms with E-state index in [9.17, 15) is 0 Å². The van der Waals surface area contributed by atoms with Crippen molar-refractivity contribution in [1.82, 2.24) is 0 Å². The minimum Gasteiger partial charge on any atom is -0.455 e. The zero-order chi connectivity index (χ0) is 43.2. The molecule has 0 saturated carbocycles. The second-order valence-corrected chi connectivity index (χ2v) is 18.0. The standard InChI is InChI=1S/C63H43NO/c1-63(2)56-28-16-15-24-50(56)51-34-33-44(39-57(51)63)64(43-31-29-41(30-32-43)40-17-5-3-6-18-40)58-38-37-49(46-21-9-12-25-52(46)58)54-36-35-45(42-19-7-4-8-20-42)61-60(54)59-53-26-13-10-22-47(53)48-23-11-14-27-55(48)62(59)65-61/h3-39H,1-2H3. The van der Waals surface area contributed by atoms with E-state index in [0.717, 1.165) is 61.1 Å². The minimum atomic E-state index is -0.142. The van der Waals surface area contributed by atoms with Crippen LogP contribution >= 0.6 is 0 Å². The third-order valence-electron chi connectivity index (χ3n) is 14.1. The summed E-state index contributed by atoms with van der Waals surface area (Å²) in [5, 5.41) is 9.37. The number of nitrogens with zero attached hydrogens (tertiary/aromatic N) is 1. The van der Waals surface area contributed by atoms with E-state index in [-0.39, 0.29) is 5.41 Å². The summed E-state index contributed by atoms with van der Waals surface area (Å²) in [6.07, 6.45) is 0. The van der Waals surface area contributed by atoms with Gasteiger partial charge in [0.25, 0.3) is 0 Å². The Labute approximate surface area is 378 Å². The Hall–Kier alpha value is -8.20. The van der Waals surface area contributed by atoms with Gasteiger partial charge in [0, 0.05) is 43.9 Å². The molecule has 0 fully saturated rings. The van der Waals surface area contributed by atoms with Gasteiger partial charge in [-0.25, -0.2) is 0 Å². The lowest BCUT2D eigenvalue weighted by atomic mass is 9.82. The highest BCUT2D eigenvalue weighted by atomic mass is 16.3. The van der Waals surface area contributed by atoms with E-state index in [1.165, 1.54) is 65.9 Å². The summed E-state index contributed by atoms with van der Waals surface area (Å²) in [4.78, 5) is 2.46. The van der Waals surface area contributed by atoms with Crippen LogP contribution in [0.4, 0.5) is 17.1 Å². The summed E-state index contributed by atoms with van der Waals surface area (Å²) < 4.78 is 7.22. The zero-order valence-electron chi connectivity index (χ0n) is 36.2. The largest absolute Gasteiger partial charge is 0.455 e. The SMILES string of the molecule is CC1(C)c2ccccc2-c2ccc(N(c3ccc(-c4ccccc4)cc3)c3ccc(-c4ccc(-c5ccccc5)c5oc6c7ccccc7c7ccccc7c6c45)c4ccccc34)cc21. The molecule has 0 saturated heterocycles. The van der Waals surface area contributed by atoms with Crippen LogP contribution in [0.3, 0.4) is 0 Å². The van der Waals surface area contributed by atoms with E-state index in [1.807, 2.05) is 0 Å². The van der Waals surface area contributed by atoms with Crippen LogP contribution in [0, 0.1) is 0 Å². The normalized spacial score (nSPS) is 12.9. The molecule has 13 rings (SSSR count). The van der Waals surface area contributed by atoms with Crippen molar-refractivity contribution in [3.8, 4) is 44.5 Å². The Morgan fingerprint density at radius 1 is 0.323 bits per heavy atom. The van der Waals surface area contributed by atoms with E-state index >= 15 is 0 Å². The minimum absolute atomic E-state index is 0.142. The molecule has 1 aromatic heterocycles. The third kappa shape index (κ3) is 5.67. The molecule has 65 heavy (non-hydrogen) atoms. The van der Waals surface area contributed by atoms with E-state index < -0.39 is 0 Å². The van der Waals surface area contributed by atoms with Gasteiger partial charge in [-0.15, -0.1) is 0 Å². The topological polar surface area (TPSA) is 16.4 Å². The summed E-state index contributed by atoms with van der Waals surface area (Å²) >= 11 is 0. The quantitative estimate of drug-likeness (QED) is 0.155. The molecule has 0 radical (unpaired) electrons. The Bertz CT molecular complexity index is 3840. The highest BCUT2D eigenvalue weighted by Crippen LogP contribution is 2.53. The molecule has 1 aliphatic rings. The Morgan fingerprint density at radius 2 is 0.846 bits per heavy atom. The van der Waals surface area contributed by atoms with Crippen LogP contribution in [0.2, 0.25) is 0 Å². The van der Waals surface area contributed by atoms with Crippen LogP contribution in [-0.2, 0) is 5.41 Å². The first-order chi connectivity index (χ1) is 32.0. The van der Waals surface area contributed by atoms with Crippen LogP contribution in [-0.4, -0.2) is 0 Å². The maximum atomic E-state index is 7.22. The fourth-order valence-electron chi connectivity index (χ4n) is 11.0. The fourth-order valence-corrected chi connectivity index (χ4v) is 11.0. The van der Waals surface area contributed by atoms with Gasteiger partial charge in [-0.05, 0) is 108 Å². The summed E-state index contributed by atoms with van der Waals surface area (Å²) in [5.74, 6) is 0. The highest BCUT2D eigenvalue weighted by molar-refractivity contribution is 6.33. The van der Waals surface area contributed by atoms with Crippen molar-refractivity contribution in [2.75, 3.05) is 4.90 Å². The van der Waals surface area contributed by atoms with Crippen molar-refractivity contribution in [3.63, 3.8) is 0 Å². The predicted octanol–water partition coefficient (Wildman–Crippen LogP) is 17.8. The molecule has 0 N–H and O–H groups in total. The molecule has 0 spiro atoms. The molecule has 0 amide bonds. The maximum absolute atomic E-state index is 7.22. The van der Waals surface area contributed by atoms with Crippen molar-refractivity contribution in [1.29, 1.82) is 0 Å². The van der Waals surface area contributed by atoms with Gasteiger partial charge in [-0.1, -0.05) is 202 Å². The molecule has 11 aromatic carbocycles. The second-order valence-electron chi connectivity index (χ2n) is 18.0. The van der Waals surface area contributed by atoms with Gasteiger partial charge in [-0.2, -0.15) is 0 Å². The van der Waals surface area contributed by atoms with Crippen molar-refractivity contribution in [2.24, 2.45) is 0 Å². The second kappa shape index (κ2) is 14.4. The van der Waals surface area contributed by atoms with E-state index in [4.69, 9.17) is 4.42 Å². The van der Waals surface area contributed by atoms with Crippen molar-refractivity contribution < 1.29 is 4.42 Å². The molecule has 1 aliphatic carbocycles. The maximum Gasteiger partial charge on any atom is 0.143 e. The number of anilines is 3. The van der Waals surface area contributed by atoms with Crippen LogP contribution in [0.5, 0.6) is 0 Å². The van der Waals surface area contributed by atoms with Crippen LogP contribution in [0.15, 0.2) is 229 Å². The number of benzene rings is 11. The van der Waals surface area contributed by atoms with Crippen LogP contribution < -0.4 is 4.90 Å². The number of rotatable bonds is 6. The number of hydrogen-bond donors (Lipinski definition) is 0. The molecule has 2 nitrogen and oxygen atoms in total. The van der Waals surface area contributed by atoms with Gasteiger partial charge in [0.1, 0.15) is 11.2 Å². The molecule has 12 aromatic rings. The number of hydrogen-bond acceptors (Lipinski definition) is 2. The predicted molar refractivity (Wildman–Crippen MR) is 275 cm³/mol. The Balaban J connectivity index is 1.07. The lowest BCUT2D eigenvalue weighted by Gasteiger charge is -2.29. The van der Waals surface area contributed by atoms with Crippen LogP contribution in [0.25, 0.3) is 98.8 Å². The third-order valence-corrected chi connectivity index (χ3v) is 14.1. The van der Waals surface area contributed by atoms with E-state index in [0.29, 0.717) is 0 Å². The van der Waals surface area contributed by atoms with Crippen molar-refractivity contribution >= 4 is 71.3 Å². The Morgan fingerprint density at radius 3 is 1.60 bits per heavy atom. The number of fused-ring (bicyclic) bond motifs is 12. The molecule has 0 atom stereocenters.